The monoisotopic (exact) mass is 373 g/mol. The first-order chi connectivity index (χ1) is 12.3. The second-order valence-corrected chi connectivity index (χ2v) is 7.85. The summed E-state index contributed by atoms with van der Waals surface area (Å²) in [5.74, 6) is 0.752. The first-order valence-electron chi connectivity index (χ1n) is 8.77. The van der Waals surface area contributed by atoms with E-state index in [1.165, 1.54) is 5.56 Å². The van der Waals surface area contributed by atoms with Crippen LogP contribution in [0.4, 0.5) is 5.95 Å². The van der Waals surface area contributed by atoms with Gasteiger partial charge >= 0.3 is 0 Å². The van der Waals surface area contributed by atoms with Crippen molar-refractivity contribution in [2.45, 2.75) is 45.6 Å². The van der Waals surface area contributed by atoms with E-state index in [-0.39, 0.29) is 11.1 Å². The Kier molecular flexibility index (Phi) is 5.05. The smallest absolute Gasteiger partial charge is 0.263 e. The summed E-state index contributed by atoms with van der Waals surface area (Å²) in [7, 11) is 0. The maximum absolute atomic E-state index is 12.4. The lowest BCUT2D eigenvalue weighted by atomic mass is 9.96. The predicted octanol–water partition coefficient (Wildman–Crippen LogP) is 4.13. The van der Waals surface area contributed by atoms with Gasteiger partial charge in [-0.05, 0) is 44.9 Å². The minimum absolute atomic E-state index is 0.187. The molecule has 2 N–H and O–H groups in total. The number of anilines is 1. The zero-order valence-corrected chi connectivity index (χ0v) is 16.3. The molecule has 3 aromatic rings. The first-order valence-corrected chi connectivity index (χ1v) is 9.15. The maximum Gasteiger partial charge on any atom is 0.263 e. The Bertz CT molecular complexity index is 953. The molecule has 0 saturated heterocycles. The summed E-state index contributed by atoms with van der Waals surface area (Å²) in [6, 6.07) is 7.86. The fourth-order valence-electron chi connectivity index (χ4n) is 2.95. The van der Waals surface area contributed by atoms with E-state index >= 15 is 0 Å². The minimum Gasteiger partial charge on any atom is -0.355 e. The molecule has 0 bridgehead atoms. The van der Waals surface area contributed by atoms with Gasteiger partial charge in [0.1, 0.15) is 5.39 Å². The Hall–Kier alpha value is -2.34. The quantitative estimate of drug-likeness (QED) is 0.704. The van der Waals surface area contributed by atoms with Crippen LogP contribution in [0.25, 0.3) is 11.0 Å². The normalized spacial score (nSPS) is 13.1. The molecule has 0 saturated carbocycles. The van der Waals surface area contributed by atoms with Crippen LogP contribution >= 0.6 is 11.6 Å². The highest BCUT2D eigenvalue weighted by molar-refractivity contribution is 6.30. The van der Waals surface area contributed by atoms with Gasteiger partial charge in [0.15, 0.2) is 5.65 Å². The number of aromatic amines is 1. The number of hydrogen-bond acceptors (Lipinski definition) is 4. The van der Waals surface area contributed by atoms with E-state index in [1.54, 1.807) is 10.9 Å². The lowest BCUT2D eigenvalue weighted by Crippen LogP contribution is -2.24. The summed E-state index contributed by atoms with van der Waals surface area (Å²) in [4.78, 5) is 19.8. The van der Waals surface area contributed by atoms with Gasteiger partial charge in [0.25, 0.3) is 5.56 Å². The van der Waals surface area contributed by atoms with E-state index in [2.05, 4.69) is 27.3 Å². The Morgan fingerprint density at radius 1 is 1.27 bits per heavy atom. The molecule has 2 heterocycles. The van der Waals surface area contributed by atoms with Gasteiger partial charge in [0.05, 0.1) is 11.7 Å². The molecule has 0 aliphatic carbocycles. The first kappa shape index (κ1) is 18.5. The lowest BCUT2D eigenvalue weighted by molar-refractivity contribution is 0.366. The van der Waals surface area contributed by atoms with Crippen LogP contribution in [0, 0.1) is 0 Å². The Labute approximate surface area is 157 Å². The number of benzene rings is 1. The number of halogens is 1. The molecule has 0 radical (unpaired) electrons. The summed E-state index contributed by atoms with van der Waals surface area (Å²) in [5.41, 5.74) is 1.35. The van der Waals surface area contributed by atoms with Crippen molar-refractivity contribution in [2.24, 2.45) is 0 Å². The topological polar surface area (TPSA) is 75.6 Å². The Morgan fingerprint density at radius 2 is 1.96 bits per heavy atom. The van der Waals surface area contributed by atoms with Crippen molar-refractivity contribution in [3.05, 3.63) is 51.4 Å². The highest BCUT2D eigenvalue weighted by atomic mass is 35.5. The van der Waals surface area contributed by atoms with Crippen LogP contribution in [0.1, 0.15) is 45.6 Å². The van der Waals surface area contributed by atoms with Gasteiger partial charge in [-0.1, -0.05) is 30.7 Å². The molecule has 7 heteroatoms. The van der Waals surface area contributed by atoms with Crippen molar-refractivity contribution in [1.29, 1.82) is 0 Å². The number of nitrogens with zero attached hydrogens (tertiary/aromatic N) is 3. The van der Waals surface area contributed by atoms with Gasteiger partial charge in [-0.2, -0.15) is 10.1 Å². The second-order valence-electron chi connectivity index (χ2n) is 7.42. The molecule has 0 aliphatic rings. The molecule has 26 heavy (non-hydrogen) atoms. The van der Waals surface area contributed by atoms with Crippen LogP contribution < -0.4 is 10.9 Å². The van der Waals surface area contributed by atoms with Crippen LogP contribution in [-0.4, -0.2) is 26.3 Å². The van der Waals surface area contributed by atoms with Crippen molar-refractivity contribution >= 4 is 28.6 Å². The molecular formula is C19H24ClN5O. The third-order valence-corrected chi connectivity index (χ3v) is 4.68. The summed E-state index contributed by atoms with van der Waals surface area (Å²) < 4.78 is 1.78. The lowest BCUT2D eigenvalue weighted by Gasteiger charge is -2.20. The Morgan fingerprint density at radius 3 is 2.58 bits per heavy atom. The van der Waals surface area contributed by atoms with Gasteiger partial charge in [0, 0.05) is 17.5 Å². The number of aromatic nitrogens is 4. The summed E-state index contributed by atoms with van der Waals surface area (Å²) in [6.45, 7) is 8.89. The number of nitrogens with one attached hydrogen (secondary N) is 2. The van der Waals surface area contributed by atoms with Crippen molar-refractivity contribution in [2.75, 3.05) is 11.9 Å². The zero-order chi connectivity index (χ0) is 18.9. The summed E-state index contributed by atoms with van der Waals surface area (Å²) in [6.07, 6.45) is 2.53. The molecule has 3 rings (SSSR count). The molecule has 1 aromatic carbocycles. The van der Waals surface area contributed by atoms with Crippen LogP contribution in [0.2, 0.25) is 5.02 Å². The molecule has 138 valence electrons. The summed E-state index contributed by atoms with van der Waals surface area (Å²) in [5, 5.41) is 8.82. The van der Waals surface area contributed by atoms with Gasteiger partial charge < -0.3 is 5.32 Å². The van der Waals surface area contributed by atoms with E-state index in [4.69, 9.17) is 11.6 Å². The van der Waals surface area contributed by atoms with Gasteiger partial charge in [-0.25, -0.2) is 4.68 Å². The predicted molar refractivity (Wildman–Crippen MR) is 106 cm³/mol. The van der Waals surface area contributed by atoms with E-state index in [9.17, 15) is 4.79 Å². The minimum atomic E-state index is -0.255. The standard InChI is InChI=1S/C19H24ClN5O/c1-5-12(13-6-8-14(20)9-7-13)10-21-18-23-16-15(17(26)24-18)11-22-25(16)19(2,3)4/h6-9,11-12H,5,10H2,1-4H3,(H2,21,23,24,26). The fraction of sp³-hybridized carbons (Fsp3) is 0.421. The second kappa shape index (κ2) is 7.11. The third-order valence-electron chi connectivity index (χ3n) is 4.42. The van der Waals surface area contributed by atoms with Crippen molar-refractivity contribution in [3.63, 3.8) is 0 Å². The number of hydrogen-bond donors (Lipinski definition) is 2. The summed E-state index contributed by atoms with van der Waals surface area (Å²) >= 11 is 5.97. The maximum atomic E-state index is 12.4. The molecule has 0 amide bonds. The van der Waals surface area contributed by atoms with E-state index < -0.39 is 0 Å². The number of H-pyrrole nitrogens is 1. The van der Waals surface area contributed by atoms with Gasteiger partial charge in [-0.15, -0.1) is 0 Å². The highest BCUT2D eigenvalue weighted by Crippen LogP contribution is 2.22. The van der Waals surface area contributed by atoms with Crippen molar-refractivity contribution in [3.8, 4) is 0 Å². The van der Waals surface area contributed by atoms with Crippen LogP contribution in [0.5, 0.6) is 0 Å². The SMILES string of the molecule is CCC(CNc1nc2c(cnn2C(C)(C)C)c(=O)[nH]1)c1ccc(Cl)cc1. The van der Waals surface area contributed by atoms with E-state index in [0.29, 0.717) is 29.4 Å². The van der Waals surface area contributed by atoms with Crippen molar-refractivity contribution in [1.82, 2.24) is 19.7 Å². The molecule has 0 spiro atoms. The van der Waals surface area contributed by atoms with Crippen LogP contribution in [0.15, 0.2) is 35.3 Å². The number of fused-ring (bicyclic) bond motifs is 1. The van der Waals surface area contributed by atoms with E-state index in [0.717, 1.165) is 11.4 Å². The largest absolute Gasteiger partial charge is 0.355 e. The fourth-order valence-corrected chi connectivity index (χ4v) is 3.07. The molecule has 0 aliphatic heterocycles. The third kappa shape index (κ3) is 3.75. The molecule has 1 atom stereocenters. The Balaban J connectivity index is 1.86. The van der Waals surface area contributed by atoms with Crippen molar-refractivity contribution < 1.29 is 0 Å². The van der Waals surface area contributed by atoms with Crippen LogP contribution in [0.3, 0.4) is 0 Å². The van der Waals surface area contributed by atoms with Crippen LogP contribution in [-0.2, 0) is 5.54 Å². The molecular weight excluding hydrogens is 350 g/mol. The average molecular weight is 374 g/mol. The van der Waals surface area contributed by atoms with E-state index in [1.807, 2.05) is 45.0 Å². The molecule has 0 fully saturated rings. The number of rotatable bonds is 5. The molecule has 1 unspecified atom stereocenters. The molecule has 6 nitrogen and oxygen atoms in total. The molecule has 2 aromatic heterocycles. The van der Waals surface area contributed by atoms with Gasteiger partial charge in [-0.3, -0.25) is 9.78 Å². The van der Waals surface area contributed by atoms with Gasteiger partial charge in [0.2, 0.25) is 5.95 Å². The zero-order valence-electron chi connectivity index (χ0n) is 15.5. The average Bonchev–Trinajstić information content (AvgIpc) is 3.02. The highest BCUT2D eigenvalue weighted by Gasteiger charge is 2.20.